The molecule has 1 unspecified atom stereocenters. The van der Waals surface area contributed by atoms with Gasteiger partial charge in [-0.25, -0.2) is 4.98 Å². The van der Waals surface area contributed by atoms with Crippen molar-refractivity contribution in [3.63, 3.8) is 0 Å². The predicted molar refractivity (Wildman–Crippen MR) is 37.8 cm³/mol. The van der Waals surface area contributed by atoms with Crippen molar-refractivity contribution in [3.05, 3.63) is 18.2 Å². The van der Waals surface area contributed by atoms with Crippen molar-refractivity contribution in [2.45, 2.75) is 12.5 Å². The second-order valence-corrected chi connectivity index (χ2v) is 2.21. The summed E-state index contributed by atoms with van der Waals surface area (Å²) in [5.41, 5.74) is 6.13. The zero-order valence-corrected chi connectivity index (χ0v) is 5.82. The van der Waals surface area contributed by atoms with E-state index in [0.29, 0.717) is 5.69 Å². The van der Waals surface area contributed by atoms with Gasteiger partial charge in [0.05, 0.1) is 24.5 Å². The molecule has 1 aromatic heterocycles. The van der Waals surface area contributed by atoms with Crippen LogP contribution in [0.2, 0.25) is 0 Å². The number of hydrogen-bond acceptors (Lipinski definition) is 3. The molecule has 0 aliphatic rings. The molecular formula is C6H9N3O2. The molecule has 4 N–H and O–H groups in total. The number of imidazole rings is 1. The number of nitrogens with one attached hydrogen (secondary N) is 1. The van der Waals surface area contributed by atoms with Gasteiger partial charge in [0.15, 0.2) is 0 Å². The minimum atomic E-state index is -0.910. The van der Waals surface area contributed by atoms with Crippen LogP contribution in [-0.2, 0) is 4.79 Å². The minimum Gasteiger partial charge on any atom is -0.481 e. The van der Waals surface area contributed by atoms with Crippen LogP contribution in [0, 0.1) is 0 Å². The van der Waals surface area contributed by atoms with E-state index in [1.807, 2.05) is 0 Å². The number of nitrogens with zero attached hydrogens (tertiary/aromatic N) is 1. The van der Waals surface area contributed by atoms with Crippen molar-refractivity contribution < 1.29 is 9.90 Å². The van der Waals surface area contributed by atoms with Gasteiger partial charge < -0.3 is 15.8 Å². The van der Waals surface area contributed by atoms with E-state index in [1.165, 1.54) is 12.5 Å². The fourth-order valence-electron chi connectivity index (χ4n) is 0.767. The highest BCUT2D eigenvalue weighted by atomic mass is 16.4. The standard InChI is InChI=1S/C6H9N3O2/c7-4(1-6(10)11)5-2-8-3-9-5/h2-4H,1,7H2,(H,8,9)(H,10,11). The van der Waals surface area contributed by atoms with Crippen LogP contribution in [0.25, 0.3) is 0 Å². The van der Waals surface area contributed by atoms with Crippen LogP contribution in [0.15, 0.2) is 12.5 Å². The van der Waals surface area contributed by atoms with Gasteiger partial charge in [0, 0.05) is 6.20 Å². The Morgan fingerprint density at radius 2 is 2.64 bits per heavy atom. The van der Waals surface area contributed by atoms with Gasteiger partial charge in [0.2, 0.25) is 0 Å². The smallest absolute Gasteiger partial charge is 0.305 e. The molecule has 0 aliphatic carbocycles. The van der Waals surface area contributed by atoms with E-state index in [1.54, 1.807) is 0 Å². The first kappa shape index (κ1) is 7.74. The van der Waals surface area contributed by atoms with Gasteiger partial charge in [-0.2, -0.15) is 0 Å². The Labute approximate surface area is 63.3 Å². The van der Waals surface area contributed by atoms with Crippen molar-refractivity contribution in [2.24, 2.45) is 5.73 Å². The number of aliphatic carboxylic acids is 1. The summed E-state index contributed by atoms with van der Waals surface area (Å²) in [6, 6.07) is -0.491. The molecule has 0 amide bonds. The molecule has 0 spiro atoms. The first-order chi connectivity index (χ1) is 5.20. The zero-order valence-electron chi connectivity index (χ0n) is 5.82. The fourth-order valence-corrected chi connectivity index (χ4v) is 0.767. The molecule has 0 saturated carbocycles. The van der Waals surface area contributed by atoms with E-state index in [-0.39, 0.29) is 6.42 Å². The van der Waals surface area contributed by atoms with Crippen LogP contribution in [0.3, 0.4) is 0 Å². The van der Waals surface area contributed by atoms with Gasteiger partial charge in [0.25, 0.3) is 0 Å². The number of nitrogens with two attached hydrogens (primary N) is 1. The third-order valence-electron chi connectivity index (χ3n) is 1.31. The zero-order chi connectivity index (χ0) is 8.27. The molecule has 0 aliphatic heterocycles. The summed E-state index contributed by atoms with van der Waals surface area (Å²) in [5, 5.41) is 8.37. The fraction of sp³-hybridized carbons (Fsp3) is 0.333. The molecule has 0 saturated heterocycles. The number of aromatic nitrogens is 2. The first-order valence-corrected chi connectivity index (χ1v) is 3.16. The minimum absolute atomic E-state index is 0.0812. The number of carbonyl (C=O) groups is 1. The molecule has 5 heteroatoms. The average molecular weight is 155 g/mol. The summed E-state index contributed by atoms with van der Waals surface area (Å²) < 4.78 is 0. The molecule has 0 radical (unpaired) electrons. The van der Waals surface area contributed by atoms with Gasteiger partial charge in [0.1, 0.15) is 0 Å². The first-order valence-electron chi connectivity index (χ1n) is 3.16. The van der Waals surface area contributed by atoms with Crippen molar-refractivity contribution in [1.29, 1.82) is 0 Å². The summed E-state index contributed by atoms with van der Waals surface area (Å²) in [6.07, 6.45) is 2.91. The van der Waals surface area contributed by atoms with Crippen LogP contribution in [0.5, 0.6) is 0 Å². The maximum Gasteiger partial charge on any atom is 0.305 e. The maximum absolute atomic E-state index is 10.2. The van der Waals surface area contributed by atoms with Gasteiger partial charge in [-0.3, -0.25) is 4.79 Å². The van der Waals surface area contributed by atoms with Crippen LogP contribution in [0.1, 0.15) is 18.2 Å². The molecule has 0 aromatic carbocycles. The molecule has 11 heavy (non-hydrogen) atoms. The van der Waals surface area contributed by atoms with Crippen molar-refractivity contribution in [1.82, 2.24) is 9.97 Å². The number of H-pyrrole nitrogens is 1. The topological polar surface area (TPSA) is 92.0 Å². The van der Waals surface area contributed by atoms with E-state index < -0.39 is 12.0 Å². The summed E-state index contributed by atoms with van der Waals surface area (Å²) in [7, 11) is 0. The molecule has 1 heterocycles. The number of carboxylic acid groups (broad SMARTS) is 1. The lowest BCUT2D eigenvalue weighted by molar-refractivity contribution is -0.137. The Balaban J connectivity index is 2.56. The molecule has 1 atom stereocenters. The monoisotopic (exact) mass is 155 g/mol. The van der Waals surface area contributed by atoms with Crippen molar-refractivity contribution in [2.75, 3.05) is 0 Å². The van der Waals surface area contributed by atoms with Gasteiger partial charge in [-0.15, -0.1) is 0 Å². The Bertz CT molecular complexity index is 232. The largest absolute Gasteiger partial charge is 0.481 e. The van der Waals surface area contributed by atoms with Gasteiger partial charge in [-0.1, -0.05) is 0 Å². The summed E-state index contributed by atoms with van der Waals surface area (Å²) in [6.45, 7) is 0. The number of hydrogen-bond donors (Lipinski definition) is 3. The van der Waals surface area contributed by atoms with Gasteiger partial charge >= 0.3 is 5.97 Å². The second-order valence-electron chi connectivity index (χ2n) is 2.21. The lowest BCUT2D eigenvalue weighted by Crippen LogP contribution is -2.15. The normalized spacial score (nSPS) is 12.8. The average Bonchev–Trinajstić information content (AvgIpc) is 2.35. The summed E-state index contributed by atoms with van der Waals surface area (Å²) in [5.74, 6) is -0.910. The van der Waals surface area contributed by atoms with E-state index >= 15 is 0 Å². The van der Waals surface area contributed by atoms with E-state index in [0.717, 1.165) is 0 Å². The molecule has 0 fully saturated rings. The Morgan fingerprint density at radius 1 is 1.91 bits per heavy atom. The highest BCUT2D eigenvalue weighted by Crippen LogP contribution is 2.08. The molecule has 1 aromatic rings. The van der Waals surface area contributed by atoms with Crippen LogP contribution in [0.4, 0.5) is 0 Å². The molecule has 0 bridgehead atoms. The third-order valence-corrected chi connectivity index (χ3v) is 1.31. The molecule has 60 valence electrons. The molecule has 5 nitrogen and oxygen atoms in total. The number of rotatable bonds is 3. The van der Waals surface area contributed by atoms with Gasteiger partial charge in [-0.05, 0) is 0 Å². The van der Waals surface area contributed by atoms with Crippen molar-refractivity contribution in [3.8, 4) is 0 Å². The quantitative estimate of drug-likeness (QED) is 0.567. The molecule has 1 rings (SSSR count). The van der Waals surface area contributed by atoms with E-state index in [4.69, 9.17) is 10.8 Å². The number of carboxylic acids is 1. The highest BCUT2D eigenvalue weighted by Gasteiger charge is 2.10. The third kappa shape index (κ3) is 2.05. The summed E-state index contributed by atoms with van der Waals surface area (Å²) >= 11 is 0. The van der Waals surface area contributed by atoms with E-state index in [9.17, 15) is 4.79 Å². The summed E-state index contributed by atoms with van der Waals surface area (Å²) in [4.78, 5) is 16.7. The lowest BCUT2D eigenvalue weighted by atomic mass is 10.2. The molecular weight excluding hydrogens is 146 g/mol. The maximum atomic E-state index is 10.2. The van der Waals surface area contributed by atoms with Crippen molar-refractivity contribution >= 4 is 5.97 Å². The van der Waals surface area contributed by atoms with Crippen LogP contribution >= 0.6 is 0 Å². The van der Waals surface area contributed by atoms with E-state index in [2.05, 4.69) is 9.97 Å². The predicted octanol–water partition coefficient (Wildman–Crippen LogP) is -0.116. The Kier molecular flexibility index (Phi) is 2.22. The SMILES string of the molecule is NC(CC(=O)O)c1cnc[nH]1. The second kappa shape index (κ2) is 3.16. The highest BCUT2D eigenvalue weighted by molar-refractivity contribution is 5.67. The Morgan fingerprint density at radius 3 is 3.09 bits per heavy atom. The van der Waals surface area contributed by atoms with Crippen LogP contribution in [-0.4, -0.2) is 21.0 Å². The lowest BCUT2D eigenvalue weighted by Gasteiger charge is -2.03. The number of aromatic amines is 1. The Hall–Kier alpha value is -1.36. The van der Waals surface area contributed by atoms with Crippen LogP contribution < -0.4 is 5.73 Å².